The van der Waals surface area contributed by atoms with E-state index in [2.05, 4.69) is 10.5 Å². The molecule has 0 atom stereocenters. The highest BCUT2D eigenvalue weighted by atomic mass is 16.6. The van der Waals surface area contributed by atoms with Crippen LogP contribution in [0.15, 0.2) is 29.4 Å². The maximum Gasteiger partial charge on any atom is 0.407 e. The van der Waals surface area contributed by atoms with Gasteiger partial charge in [-0.25, -0.2) is 4.79 Å². The van der Waals surface area contributed by atoms with E-state index in [4.69, 9.17) is 14.7 Å². The van der Waals surface area contributed by atoms with Gasteiger partial charge in [-0.3, -0.25) is 0 Å². The predicted molar refractivity (Wildman–Crippen MR) is 75.6 cm³/mol. The van der Waals surface area contributed by atoms with Crippen LogP contribution < -0.4 is 10.1 Å². The van der Waals surface area contributed by atoms with E-state index in [0.29, 0.717) is 17.0 Å². The average Bonchev–Trinajstić information content (AvgIpc) is 2.37. The monoisotopic (exact) mass is 280 g/mol. The second-order valence-electron chi connectivity index (χ2n) is 5.13. The number of hydrogen-bond acceptors (Lipinski definition) is 5. The van der Waals surface area contributed by atoms with Crippen LogP contribution in [-0.2, 0) is 4.74 Å². The number of ether oxygens (including phenoxy) is 2. The number of carbonyl (C=O) groups excluding carboxylic acids is 1. The molecule has 110 valence electrons. The highest BCUT2D eigenvalue weighted by Crippen LogP contribution is 2.13. The van der Waals surface area contributed by atoms with Gasteiger partial charge in [-0.15, -0.1) is 0 Å². The third kappa shape index (κ3) is 5.17. The number of nitrogens with zero attached hydrogens (tertiary/aromatic N) is 1. The predicted octanol–water partition coefficient (Wildman–Crippen LogP) is 2.40. The standard InChI is InChI=1S/C14H20N2O4/c1-14(2,3)20-13(17)15-9-12(16-18)10-6-5-7-11(8-10)19-4/h5-8,18H,9H2,1-4H3,(H,15,17)/b16-12+. The zero-order chi connectivity index (χ0) is 15.2. The fraction of sp³-hybridized carbons (Fsp3) is 0.429. The fourth-order valence-corrected chi connectivity index (χ4v) is 1.47. The van der Waals surface area contributed by atoms with Gasteiger partial charge < -0.3 is 20.0 Å². The summed E-state index contributed by atoms with van der Waals surface area (Å²) in [5.41, 5.74) is 0.397. The van der Waals surface area contributed by atoms with Crippen molar-refractivity contribution >= 4 is 11.8 Å². The summed E-state index contributed by atoms with van der Waals surface area (Å²) in [5, 5.41) is 14.8. The molecule has 1 amide bonds. The lowest BCUT2D eigenvalue weighted by Crippen LogP contribution is -2.35. The van der Waals surface area contributed by atoms with E-state index >= 15 is 0 Å². The van der Waals surface area contributed by atoms with Gasteiger partial charge in [0.2, 0.25) is 0 Å². The molecule has 0 aliphatic carbocycles. The number of rotatable bonds is 4. The summed E-state index contributed by atoms with van der Waals surface area (Å²) in [7, 11) is 1.55. The molecule has 0 saturated carbocycles. The summed E-state index contributed by atoms with van der Waals surface area (Å²) in [6.07, 6.45) is -0.568. The largest absolute Gasteiger partial charge is 0.497 e. The van der Waals surface area contributed by atoms with Crippen LogP contribution in [0.4, 0.5) is 4.79 Å². The third-order valence-corrected chi connectivity index (χ3v) is 2.32. The maximum atomic E-state index is 11.5. The summed E-state index contributed by atoms with van der Waals surface area (Å²) in [6.45, 7) is 5.37. The molecule has 6 nitrogen and oxygen atoms in total. The van der Waals surface area contributed by atoms with E-state index in [1.165, 1.54) is 0 Å². The number of methoxy groups -OCH3 is 1. The first-order chi connectivity index (χ1) is 9.35. The van der Waals surface area contributed by atoms with E-state index in [9.17, 15) is 4.79 Å². The zero-order valence-electron chi connectivity index (χ0n) is 12.1. The smallest absolute Gasteiger partial charge is 0.407 e. The molecule has 0 fully saturated rings. The number of carbonyl (C=O) groups is 1. The molecule has 1 rings (SSSR count). The molecular formula is C14H20N2O4. The van der Waals surface area contributed by atoms with Crippen molar-refractivity contribution < 1.29 is 19.5 Å². The molecule has 0 aliphatic heterocycles. The lowest BCUT2D eigenvalue weighted by molar-refractivity contribution is 0.0536. The zero-order valence-corrected chi connectivity index (χ0v) is 12.1. The molecule has 2 N–H and O–H groups in total. The average molecular weight is 280 g/mol. The van der Waals surface area contributed by atoms with Crippen LogP contribution in [-0.4, -0.2) is 36.3 Å². The summed E-state index contributed by atoms with van der Waals surface area (Å²) in [6, 6.07) is 7.02. The van der Waals surface area contributed by atoms with Crippen LogP contribution in [0.5, 0.6) is 5.75 Å². The van der Waals surface area contributed by atoms with Gasteiger partial charge in [0.05, 0.1) is 13.7 Å². The second-order valence-corrected chi connectivity index (χ2v) is 5.13. The van der Waals surface area contributed by atoms with Crippen molar-refractivity contribution in [1.29, 1.82) is 0 Å². The fourth-order valence-electron chi connectivity index (χ4n) is 1.47. The van der Waals surface area contributed by atoms with Gasteiger partial charge in [0.15, 0.2) is 0 Å². The van der Waals surface area contributed by atoms with Crippen molar-refractivity contribution in [3.05, 3.63) is 29.8 Å². The van der Waals surface area contributed by atoms with Crippen molar-refractivity contribution in [2.24, 2.45) is 5.16 Å². The number of amides is 1. The van der Waals surface area contributed by atoms with Crippen LogP contribution in [0.2, 0.25) is 0 Å². The molecule has 1 aromatic rings. The number of alkyl carbamates (subject to hydrolysis) is 1. The number of oxime groups is 1. The van der Waals surface area contributed by atoms with Gasteiger partial charge in [-0.05, 0) is 32.9 Å². The van der Waals surface area contributed by atoms with Crippen molar-refractivity contribution in [3.8, 4) is 5.75 Å². The van der Waals surface area contributed by atoms with Crippen molar-refractivity contribution in [2.75, 3.05) is 13.7 Å². The minimum absolute atomic E-state index is 0.0541. The number of nitrogens with one attached hydrogen (secondary N) is 1. The molecule has 0 unspecified atom stereocenters. The van der Waals surface area contributed by atoms with E-state index in [0.717, 1.165) is 0 Å². The maximum absolute atomic E-state index is 11.5. The first kappa shape index (κ1) is 15.8. The molecule has 20 heavy (non-hydrogen) atoms. The Hall–Kier alpha value is -2.24. The van der Waals surface area contributed by atoms with Crippen molar-refractivity contribution in [2.45, 2.75) is 26.4 Å². The highest BCUT2D eigenvalue weighted by Gasteiger charge is 2.16. The Balaban J connectivity index is 2.67. The van der Waals surface area contributed by atoms with Crippen LogP contribution in [0.1, 0.15) is 26.3 Å². The topological polar surface area (TPSA) is 80.2 Å². The Labute approximate surface area is 118 Å². The second kappa shape index (κ2) is 6.79. The molecule has 0 aliphatic rings. The van der Waals surface area contributed by atoms with Gasteiger partial charge in [-0.1, -0.05) is 17.3 Å². The summed E-state index contributed by atoms with van der Waals surface area (Å²) in [4.78, 5) is 11.5. The first-order valence-corrected chi connectivity index (χ1v) is 6.18. The van der Waals surface area contributed by atoms with E-state index in [-0.39, 0.29) is 6.54 Å². The van der Waals surface area contributed by atoms with Crippen LogP contribution in [0.3, 0.4) is 0 Å². The Morgan fingerprint density at radius 2 is 2.10 bits per heavy atom. The Morgan fingerprint density at radius 1 is 1.40 bits per heavy atom. The highest BCUT2D eigenvalue weighted by molar-refractivity contribution is 6.03. The van der Waals surface area contributed by atoms with E-state index in [1.54, 1.807) is 52.1 Å². The first-order valence-electron chi connectivity index (χ1n) is 6.18. The Bertz CT molecular complexity index is 492. The summed E-state index contributed by atoms with van der Waals surface area (Å²) >= 11 is 0. The van der Waals surface area contributed by atoms with Crippen LogP contribution in [0.25, 0.3) is 0 Å². The SMILES string of the molecule is COc1cccc(/C(CNC(=O)OC(C)(C)C)=N/O)c1. The number of hydrogen-bond donors (Lipinski definition) is 2. The minimum Gasteiger partial charge on any atom is -0.497 e. The van der Waals surface area contributed by atoms with Gasteiger partial charge >= 0.3 is 6.09 Å². The van der Waals surface area contributed by atoms with Gasteiger partial charge in [0, 0.05) is 5.56 Å². The van der Waals surface area contributed by atoms with Gasteiger partial charge in [-0.2, -0.15) is 0 Å². The quantitative estimate of drug-likeness (QED) is 0.504. The molecule has 0 radical (unpaired) electrons. The molecular weight excluding hydrogens is 260 g/mol. The number of benzene rings is 1. The van der Waals surface area contributed by atoms with E-state index < -0.39 is 11.7 Å². The Kier molecular flexibility index (Phi) is 5.37. The van der Waals surface area contributed by atoms with Crippen LogP contribution in [0, 0.1) is 0 Å². The lowest BCUT2D eigenvalue weighted by atomic mass is 10.1. The molecule has 0 bridgehead atoms. The molecule has 0 aromatic heterocycles. The molecule has 0 spiro atoms. The van der Waals surface area contributed by atoms with Gasteiger partial charge in [0.1, 0.15) is 17.1 Å². The van der Waals surface area contributed by atoms with E-state index in [1.807, 2.05) is 0 Å². The summed E-state index contributed by atoms with van der Waals surface area (Å²) in [5.74, 6) is 0.640. The molecule has 6 heteroatoms. The molecule has 1 aromatic carbocycles. The van der Waals surface area contributed by atoms with Crippen molar-refractivity contribution in [3.63, 3.8) is 0 Å². The normalized spacial score (nSPS) is 11.9. The summed E-state index contributed by atoms with van der Waals surface area (Å²) < 4.78 is 10.2. The van der Waals surface area contributed by atoms with Crippen molar-refractivity contribution in [1.82, 2.24) is 5.32 Å². The lowest BCUT2D eigenvalue weighted by Gasteiger charge is -2.19. The van der Waals surface area contributed by atoms with Crippen LogP contribution >= 0.6 is 0 Å². The van der Waals surface area contributed by atoms with Gasteiger partial charge in [0.25, 0.3) is 0 Å². The Morgan fingerprint density at radius 3 is 2.65 bits per heavy atom. The third-order valence-electron chi connectivity index (χ3n) is 2.32. The minimum atomic E-state index is -0.573. The molecule has 0 saturated heterocycles. The molecule has 0 heterocycles.